The monoisotopic (exact) mass is 389 g/mol. The zero-order chi connectivity index (χ0) is 19.3. The van der Waals surface area contributed by atoms with Crippen LogP contribution in [0, 0.1) is 0 Å². The predicted molar refractivity (Wildman–Crippen MR) is 105 cm³/mol. The molecule has 0 bridgehead atoms. The molecule has 0 saturated heterocycles. The van der Waals surface area contributed by atoms with E-state index in [1.54, 1.807) is 49.6 Å². The van der Waals surface area contributed by atoms with Gasteiger partial charge < -0.3 is 15.4 Å². The molecule has 0 atom stereocenters. The molecule has 2 aromatic rings. The molecule has 0 radical (unpaired) electrons. The summed E-state index contributed by atoms with van der Waals surface area (Å²) in [6.07, 6.45) is 1.34. The number of sulfonamides is 1. The van der Waals surface area contributed by atoms with Gasteiger partial charge in [0.25, 0.3) is 10.0 Å². The Hall–Kier alpha value is -2.58. The minimum atomic E-state index is -3.58. The molecule has 2 amide bonds. The Morgan fingerprint density at radius 3 is 2.70 bits per heavy atom. The number of ether oxygens (including phenoxy) is 1. The van der Waals surface area contributed by atoms with Crippen molar-refractivity contribution in [2.45, 2.75) is 17.7 Å². The minimum Gasteiger partial charge on any atom is -0.385 e. The van der Waals surface area contributed by atoms with E-state index in [1.807, 2.05) is 6.07 Å². The van der Waals surface area contributed by atoms with Crippen molar-refractivity contribution < 1.29 is 17.9 Å². The van der Waals surface area contributed by atoms with Crippen LogP contribution in [0.3, 0.4) is 0 Å². The summed E-state index contributed by atoms with van der Waals surface area (Å²) in [5.41, 5.74) is 2.19. The number of benzene rings is 2. The molecule has 0 aliphatic carbocycles. The third-order valence-corrected chi connectivity index (χ3v) is 6.16. The Kier molecular flexibility index (Phi) is 5.98. The van der Waals surface area contributed by atoms with Gasteiger partial charge in [0.05, 0.1) is 10.6 Å². The molecule has 144 valence electrons. The fourth-order valence-electron chi connectivity index (χ4n) is 3.01. The van der Waals surface area contributed by atoms with E-state index < -0.39 is 10.0 Å². The van der Waals surface area contributed by atoms with Gasteiger partial charge in [-0.15, -0.1) is 0 Å². The molecule has 1 heterocycles. The Balaban J connectivity index is 1.70. The number of methoxy groups -OCH3 is 1. The van der Waals surface area contributed by atoms with Crippen LogP contribution in [0.15, 0.2) is 53.4 Å². The first kappa shape index (κ1) is 19.2. The first-order chi connectivity index (χ1) is 13.0. The Morgan fingerprint density at radius 1 is 1.19 bits per heavy atom. The van der Waals surface area contributed by atoms with Crippen molar-refractivity contribution >= 4 is 27.4 Å². The molecule has 8 heteroatoms. The van der Waals surface area contributed by atoms with Crippen LogP contribution in [-0.2, 0) is 21.2 Å². The van der Waals surface area contributed by atoms with Gasteiger partial charge in [0.15, 0.2) is 0 Å². The highest BCUT2D eigenvalue weighted by atomic mass is 32.2. The molecule has 2 N–H and O–H groups in total. The van der Waals surface area contributed by atoms with Gasteiger partial charge in [-0.2, -0.15) is 0 Å². The zero-order valence-electron chi connectivity index (χ0n) is 15.1. The summed E-state index contributed by atoms with van der Waals surface area (Å²) >= 11 is 0. The first-order valence-electron chi connectivity index (χ1n) is 8.77. The smallest absolute Gasteiger partial charge is 0.319 e. The van der Waals surface area contributed by atoms with E-state index in [2.05, 4.69) is 10.6 Å². The second-order valence-electron chi connectivity index (χ2n) is 6.21. The third kappa shape index (κ3) is 4.40. The normalized spacial score (nSPS) is 13.3. The largest absolute Gasteiger partial charge is 0.385 e. The lowest BCUT2D eigenvalue weighted by molar-refractivity contribution is 0.194. The van der Waals surface area contributed by atoms with E-state index in [0.717, 1.165) is 12.0 Å². The highest BCUT2D eigenvalue weighted by Gasteiger charge is 2.30. The second kappa shape index (κ2) is 8.41. The van der Waals surface area contributed by atoms with Gasteiger partial charge >= 0.3 is 6.03 Å². The number of urea groups is 1. The number of nitrogens with one attached hydrogen (secondary N) is 2. The van der Waals surface area contributed by atoms with Crippen LogP contribution in [0.1, 0.15) is 12.0 Å². The summed E-state index contributed by atoms with van der Waals surface area (Å²) in [4.78, 5) is 12.2. The fourth-order valence-corrected chi connectivity index (χ4v) is 4.54. The summed E-state index contributed by atoms with van der Waals surface area (Å²) in [6, 6.07) is 13.4. The van der Waals surface area contributed by atoms with Crippen molar-refractivity contribution in [1.82, 2.24) is 5.32 Å². The van der Waals surface area contributed by atoms with Gasteiger partial charge in [-0.1, -0.05) is 18.2 Å². The predicted octanol–water partition coefficient (Wildman–Crippen LogP) is 2.60. The molecule has 27 heavy (non-hydrogen) atoms. The standard InChI is InChI=1S/C19H23N3O4S/c1-26-13-5-11-20-19(23)21-16-8-9-18-15(14-16)10-12-22(18)27(24,25)17-6-3-2-4-7-17/h2-4,6-9,14H,5,10-13H2,1H3,(H2,20,21,23). The molecule has 0 unspecified atom stereocenters. The van der Waals surface area contributed by atoms with Gasteiger partial charge in [-0.25, -0.2) is 13.2 Å². The van der Waals surface area contributed by atoms with Crippen LogP contribution in [0.4, 0.5) is 16.2 Å². The van der Waals surface area contributed by atoms with Gasteiger partial charge in [-0.3, -0.25) is 4.31 Å². The number of amides is 2. The van der Waals surface area contributed by atoms with Gasteiger partial charge in [0.1, 0.15) is 0 Å². The number of carbonyl (C=O) groups excluding carboxylic acids is 1. The summed E-state index contributed by atoms with van der Waals surface area (Å²) < 4.78 is 32.1. The minimum absolute atomic E-state index is 0.274. The summed E-state index contributed by atoms with van der Waals surface area (Å²) in [5, 5.41) is 5.53. The van der Waals surface area contributed by atoms with E-state index in [9.17, 15) is 13.2 Å². The Morgan fingerprint density at radius 2 is 1.96 bits per heavy atom. The van der Waals surface area contributed by atoms with Crippen LogP contribution in [0.25, 0.3) is 0 Å². The maximum absolute atomic E-state index is 12.9. The van der Waals surface area contributed by atoms with Crippen LogP contribution in [0.2, 0.25) is 0 Å². The molecule has 1 aliphatic rings. The van der Waals surface area contributed by atoms with E-state index >= 15 is 0 Å². The van der Waals surface area contributed by atoms with Gasteiger partial charge in [0, 0.05) is 32.5 Å². The van der Waals surface area contributed by atoms with Crippen molar-refractivity contribution in [3.8, 4) is 0 Å². The molecule has 1 aliphatic heterocycles. The number of carbonyl (C=O) groups is 1. The average molecular weight is 389 g/mol. The number of nitrogens with zero attached hydrogens (tertiary/aromatic N) is 1. The molecular formula is C19H23N3O4S. The van der Waals surface area contributed by atoms with Gasteiger partial charge in [-0.05, 0) is 48.7 Å². The SMILES string of the molecule is COCCCNC(=O)Nc1ccc2c(c1)CCN2S(=O)(=O)c1ccccc1. The van der Waals surface area contributed by atoms with Crippen LogP contribution >= 0.6 is 0 Å². The molecule has 0 spiro atoms. The third-order valence-electron chi connectivity index (χ3n) is 4.33. The van der Waals surface area contributed by atoms with E-state index in [0.29, 0.717) is 37.5 Å². The number of hydrogen-bond acceptors (Lipinski definition) is 4. The fraction of sp³-hybridized carbons (Fsp3) is 0.316. The maximum atomic E-state index is 12.9. The van der Waals surface area contributed by atoms with Crippen LogP contribution in [-0.4, -0.2) is 41.3 Å². The second-order valence-corrected chi connectivity index (χ2v) is 8.07. The quantitative estimate of drug-likeness (QED) is 0.713. The number of hydrogen-bond donors (Lipinski definition) is 2. The maximum Gasteiger partial charge on any atom is 0.319 e. The number of anilines is 2. The van der Waals surface area contributed by atoms with Crippen molar-refractivity contribution in [2.75, 3.05) is 36.4 Å². The Bertz CT molecular complexity index is 900. The van der Waals surface area contributed by atoms with Crippen molar-refractivity contribution in [2.24, 2.45) is 0 Å². The number of fused-ring (bicyclic) bond motifs is 1. The molecule has 3 rings (SSSR count). The highest BCUT2D eigenvalue weighted by molar-refractivity contribution is 7.92. The Labute approximate surface area is 159 Å². The molecule has 0 aromatic heterocycles. The van der Waals surface area contributed by atoms with Crippen molar-refractivity contribution in [3.63, 3.8) is 0 Å². The van der Waals surface area contributed by atoms with Crippen LogP contribution < -0.4 is 14.9 Å². The van der Waals surface area contributed by atoms with Crippen molar-refractivity contribution in [1.29, 1.82) is 0 Å². The molecule has 2 aromatic carbocycles. The topological polar surface area (TPSA) is 87.7 Å². The molecule has 0 fully saturated rings. The lowest BCUT2D eigenvalue weighted by Gasteiger charge is -2.19. The lowest BCUT2D eigenvalue weighted by Crippen LogP contribution is -2.30. The van der Waals surface area contributed by atoms with E-state index in [-0.39, 0.29) is 10.9 Å². The summed E-state index contributed by atoms with van der Waals surface area (Å²) in [5.74, 6) is 0. The van der Waals surface area contributed by atoms with E-state index in [1.165, 1.54) is 4.31 Å². The van der Waals surface area contributed by atoms with Crippen molar-refractivity contribution in [3.05, 3.63) is 54.1 Å². The molecule has 7 nitrogen and oxygen atoms in total. The zero-order valence-corrected chi connectivity index (χ0v) is 16.0. The van der Waals surface area contributed by atoms with E-state index in [4.69, 9.17) is 4.74 Å². The highest BCUT2D eigenvalue weighted by Crippen LogP contribution is 2.34. The lowest BCUT2D eigenvalue weighted by atomic mass is 10.1. The molecular weight excluding hydrogens is 366 g/mol. The molecule has 0 saturated carbocycles. The number of rotatable bonds is 7. The van der Waals surface area contributed by atoms with Crippen LogP contribution in [0.5, 0.6) is 0 Å². The average Bonchev–Trinajstić information content (AvgIpc) is 3.10. The summed E-state index contributed by atoms with van der Waals surface area (Å²) in [6.45, 7) is 1.50. The summed E-state index contributed by atoms with van der Waals surface area (Å²) in [7, 11) is -1.97. The first-order valence-corrected chi connectivity index (χ1v) is 10.2. The van der Waals surface area contributed by atoms with Gasteiger partial charge in [0.2, 0.25) is 0 Å².